The number of hydrogen-bond donors (Lipinski definition) is 1. The van der Waals surface area contributed by atoms with Gasteiger partial charge in [-0.2, -0.15) is 0 Å². The fraction of sp³-hybridized carbons (Fsp3) is 0.538. The van der Waals surface area contributed by atoms with Crippen LogP contribution in [-0.4, -0.2) is 12.6 Å². The number of halogens is 1. The molecular formula is C13H19FN2. The van der Waals surface area contributed by atoms with Crippen molar-refractivity contribution in [2.45, 2.75) is 32.7 Å². The van der Waals surface area contributed by atoms with Crippen molar-refractivity contribution in [2.24, 2.45) is 5.92 Å². The second-order valence-electron chi connectivity index (χ2n) is 4.99. The van der Waals surface area contributed by atoms with Crippen molar-refractivity contribution in [2.75, 3.05) is 17.2 Å². The summed E-state index contributed by atoms with van der Waals surface area (Å²) in [4.78, 5) is 2.18. The van der Waals surface area contributed by atoms with Gasteiger partial charge in [-0.05, 0) is 37.0 Å². The average molecular weight is 222 g/mol. The summed E-state index contributed by atoms with van der Waals surface area (Å²) in [6, 6.07) is 5.50. The summed E-state index contributed by atoms with van der Waals surface area (Å²) in [5.74, 6) is 0.338. The third-order valence-electron chi connectivity index (χ3n) is 2.83. The molecule has 0 aliphatic heterocycles. The number of anilines is 2. The molecule has 2 rings (SSSR count). The molecular weight excluding hydrogens is 203 g/mol. The highest BCUT2D eigenvalue weighted by molar-refractivity contribution is 5.55. The number of benzene rings is 1. The first-order valence-electron chi connectivity index (χ1n) is 5.89. The summed E-state index contributed by atoms with van der Waals surface area (Å²) in [5, 5.41) is 0. The first-order valence-corrected chi connectivity index (χ1v) is 5.89. The Morgan fingerprint density at radius 2 is 2.12 bits per heavy atom. The van der Waals surface area contributed by atoms with Gasteiger partial charge in [0, 0.05) is 18.3 Å². The van der Waals surface area contributed by atoms with Crippen LogP contribution in [0, 0.1) is 11.7 Å². The zero-order valence-electron chi connectivity index (χ0n) is 9.91. The van der Waals surface area contributed by atoms with E-state index in [9.17, 15) is 4.39 Å². The first kappa shape index (κ1) is 11.2. The SMILES string of the molecule is CC(C)CN(c1ccc(N)cc1F)C1CC1. The van der Waals surface area contributed by atoms with Gasteiger partial charge in [0.05, 0.1) is 5.69 Å². The molecule has 88 valence electrons. The van der Waals surface area contributed by atoms with Crippen LogP contribution < -0.4 is 10.6 Å². The second kappa shape index (κ2) is 4.32. The van der Waals surface area contributed by atoms with E-state index in [4.69, 9.17) is 5.73 Å². The Hall–Kier alpha value is -1.25. The molecule has 0 spiro atoms. The van der Waals surface area contributed by atoms with Crippen LogP contribution in [-0.2, 0) is 0 Å². The van der Waals surface area contributed by atoms with Crippen LogP contribution in [0.5, 0.6) is 0 Å². The molecule has 0 amide bonds. The van der Waals surface area contributed by atoms with E-state index in [1.54, 1.807) is 12.1 Å². The van der Waals surface area contributed by atoms with Crippen LogP contribution in [0.1, 0.15) is 26.7 Å². The predicted octanol–water partition coefficient (Wildman–Crippen LogP) is 3.03. The second-order valence-corrected chi connectivity index (χ2v) is 4.99. The highest BCUT2D eigenvalue weighted by Gasteiger charge is 2.30. The fourth-order valence-electron chi connectivity index (χ4n) is 1.98. The number of hydrogen-bond acceptors (Lipinski definition) is 2. The minimum atomic E-state index is -0.201. The van der Waals surface area contributed by atoms with E-state index in [0.717, 1.165) is 6.54 Å². The first-order chi connectivity index (χ1) is 7.58. The minimum Gasteiger partial charge on any atom is -0.399 e. The van der Waals surface area contributed by atoms with Crippen LogP contribution >= 0.6 is 0 Å². The van der Waals surface area contributed by atoms with Crippen LogP contribution in [0.2, 0.25) is 0 Å². The summed E-state index contributed by atoms with van der Waals surface area (Å²) in [6.07, 6.45) is 2.35. The maximum absolute atomic E-state index is 13.8. The molecule has 1 aliphatic rings. The van der Waals surface area contributed by atoms with Gasteiger partial charge in [0.25, 0.3) is 0 Å². The molecule has 2 nitrogen and oxygen atoms in total. The van der Waals surface area contributed by atoms with Crippen molar-refractivity contribution >= 4 is 11.4 Å². The van der Waals surface area contributed by atoms with Gasteiger partial charge < -0.3 is 10.6 Å². The standard InChI is InChI=1S/C13H19FN2/c1-9(2)8-16(11-4-5-11)13-6-3-10(15)7-12(13)14/h3,6-7,9,11H,4-5,8,15H2,1-2H3. The van der Waals surface area contributed by atoms with E-state index in [1.165, 1.54) is 18.9 Å². The zero-order chi connectivity index (χ0) is 11.7. The van der Waals surface area contributed by atoms with Crippen LogP contribution in [0.15, 0.2) is 18.2 Å². The highest BCUT2D eigenvalue weighted by atomic mass is 19.1. The summed E-state index contributed by atoms with van der Waals surface area (Å²) < 4.78 is 13.8. The van der Waals surface area contributed by atoms with E-state index >= 15 is 0 Å². The lowest BCUT2D eigenvalue weighted by Gasteiger charge is -2.27. The molecule has 3 heteroatoms. The van der Waals surface area contributed by atoms with Crippen LogP contribution in [0.25, 0.3) is 0 Å². The lowest BCUT2D eigenvalue weighted by atomic mass is 10.1. The van der Waals surface area contributed by atoms with Gasteiger partial charge >= 0.3 is 0 Å². The van der Waals surface area contributed by atoms with Gasteiger partial charge in [-0.25, -0.2) is 4.39 Å². The third kappa shape index (κ3) is 2.46. The number of rotatable bonds is 4. The maximum Gasteiger partial charge on any atom is 0.148 e. The van der Waals surface area contributed by atoms with Crippen LogP contribution in [0.4, 0.5) is 15.8 Å². The van der Waals surface area contributed by atoms with E-state index < -0.39 is 0 Å². The largest absolute Gasteiger partial charge is 0.399 e. The van der Waals surface area contributed by atoms with Gasteiger partial charge in [-0.3, -0.25) is 0 Å². The third-order valence-corrected chi connectivity index (χ3v) is 2.83. The monoisotopic (exact) mass is 222 g/mol. The van der Waals surface area contributed by atoms with Crippen molar-refractivity contribution in [3.8, 4) is 0 Å². The molecule has 1 aliphatic carbocycles. The average Bonchev–Trinajstić information content (AvgIpc) is 2.97. The smallest absolute Gasteiger partial charge is 0.148 e. The topological polar surface area (TPSA) is 29.3 Å². The van der Waals surface area contributed by atoms with Crippen molar-refractivity contribution in [3.63, 3.8) is 0 Å². The molecule has 0 radical (unpaired) electrons. The lowest BCUT2D eigenvalue weighted by Crippen LogP contribution is -2.30. The molecule has 2 N–H and O–H groups in total. The van der Waals surface area contributed by atoms with Crippen LogP contribution in [0.3, 0.4) is 0 Å². The molecule has 0 unspecified atom stereocenters. The van der Waals surface area contributed by atoms with Crippen molar-refractivity contribution in [1.29, 1.82) is 0 Å². The van der Waals surface area contributed by atoms with Gasteiger partial charge in [-0.1, -0.05) is 13.8 Å². The quantitative estimate of drug-likeness (QED) is 0.793. The van der Waals surface area contributed by atoms with E-state index in [2.05, 4.69) is 18.7 Å². The molecule has 0 atom stereocenters. The Kier molecular flexibility index (Phi) is 3.03. The Morgan fingerprint density at radius 3 is 2.62 bits per heavy atom. The zero-order valence-corrected chi connectivity index (χ0v) is 9.91. The Balaban J connectivity index is 2.24. The number of nitrogen functional groups attached to an aromatic ring is 1. The maximum atomic E-state index is 13.8. The Bertz CT molecular complexity index is 372. The molecule has 0 heterocycles. The lowest BCUT2D eigenvalue weighted by molar-refractivity contribution is 0.578. The van der Waals surface area contributed by atoms with Gasteiger partial charge in [0.2, 0.25) is 0 Å². The molecule has 1 fully saturated rings. The Morgan fingerprint density at radius 1 is 1.44 bits per heavy atom. The van der Waals surface area contributed by atoms with Gasteiger partial charge in [-0.15, -0.1) is 0 Å². The van der Waals surface area contributed by atoms with Gasteiger partial charge in [0.15, 0.2) is 0 Å². The fourth-order valence-corrected chi connectivity index (χ4v) is 1.98. The number of nitrogens with two attached hydrogens (primary N) is 1. The molecule has 16 heavy (non-hydrogen) atoms. The highest BCUT2D eigenvalue weighted by Crippen LogP contribution is 2.34. The molecule has 0 aromatic heterocycles. The van der Waals surface area contributed by atoms with Gasteiger partial charge in [0.1, 0.15) is 5.82 Å². The normalized spacial score (nSPS) is 15.5. The van der Waals surface area contributed by atoms with E-state index in [1.807, 2.05) is 0 Å². The Labute approximate surface area is 96.2 Å². The van der Waals surface area contributed by atoms with Crippen molar-refractivity contribution < 1.29 is 4.39 Å². The number of nitrogens with zero attached hydrogens (tertiary/aromatic N) is 1. The van der Waals surface area contributed by atoms with Crippen molar-refractivity contribution in [1.82, 2.24) is 0 Å². The minimum absolute atomic E-state index is 0.201. The molecule has 1 aromatic rings. The summed E-state index contributed by atoms with van der Waals surface area (Å²) in [7, 11) is 0. The van der Waals surface area contributed by atoms with E-state index in [0.29, 0.717) is 23.3 Å². The predicted molar refractivity (Wildman–Crippen MR) is 66.0 cm³/mol. The molecule has 0 saturated heterocycles. The molecule has 1 saturated carbocycles. The summed E-state index contributed by atoms with van der Waals surface area (Å²) >= 11 is 0. The summed E-state index contributed by atoms with van der Waals surface area (Å²) in [5.41, 5.74) is 6.75. The molecule has 0 bridgehead atoms. The van der Waals surface area contributed by atoms with Crippen molar-refractivity contribution in [3.05, 3.63) is 24.0 Å². The molecule has 1 aromatic carbocycles. The summed E-state index contributed by atoms with van der Waals surface area (Å²) in [6.45, 7) is 5.22. The van der Waals surface area contributed by atoms with E-state index in [-0.39, 0.29) is 5.82 Å².